The number of rotatable bonds is 6. The van der Waals surface area contributed by atoms with Gasteiger partial charge in [0, 0.05) is 5.92 Å². The van der Waals surface area contributed by atoms with Gasteiger partial charge in [0.2, 0.25) is 0 Å². The van der Waals surface area contributed by atoms with Gasteiger partial charge in [0.15, 0.2) is 6.04 Å². The third kappa shape index (κ3) is 5.19. The summed E-state index contributed by atoms with van der Waals surface area (Å²) in [4.78, 5) is 16.0. The summed E-state index contributed by atoms with van der Waals surface area (Å²) in [6, 6.07) is 10.3. The standard InChI is InChI=1S/C19H29N3O/c1-3-16(2)18(20)19(23)22-14-12-21(13-15-22)11-7-10-17-8-5-4-6-9-17/h4-10,16,18H,3,11-15,20H2,1-2H3/p+2/b10-7+/t16-,18-/m1/s1. The van der Waals surface area contributed by atoms with Crippen LogP contribution >= 0.6 is 0 Å². The van der Waals surface area contributed by atoms with Gasteiger partial charge in [0.25, 0.3) is 5.91 Å². The van der Waals surface area contributed by atoms with E-state index in [0.717, 1.165) is 39.1 Å². The van der Waals surface area contributed by atoms with Crippen LogP contribution in [0.3, 0.4) is 0 Å². The zero-order valence-corrected chi connectivity index (χ0v) is 14.5. The Morgan fingerprint density at radius 3 is 2.57 bits per heavy atom. The van der Waals surface area contributed by atoms with Crippen LogP contribution in [0.4, 0.5) is 0 Å². The number of nitrogens with zero attached hydrogens (tertiary/aromatic N) is 1. The Hall–Kier alpha value is -1.65. The topological polar surface area (TPSA) is 52.4 Å². The van der Waals surface area contributed by atoms with E-state index in [4.69, 9.17) is 0 Å². The highest BCUT2D eigenvalue weighted by Crippen LogP contribution is 2.07. The van der Waals surface area contributed by atoms with Crippen molar-refractivity contribution in [3.63, 3.8) is 0 Å². The highest BCUT2D eigenvalue weighted by Gasteiger charge is 2.31. The van der Waals surface area contributed by atoms with Crippen LogP contribution in [0.1, 0.15) is 25.8 Å². The second kappa shape index (κ2) is 8.85. The fraction of sp³-hybridized carbons (Fsp3) is 0.526. The van der Waals surface area contributed by atoms with Crippen molar-refractivity contribution >= 4 is 12.0 Å². The summed E-state index contributed by atoms with van der Waals surface area (Å²) in [5.41, 5.74) is 5.32. The van der Waals surface area contributed by atoms with E-state index in [9.17, 15) is 4.79 Å². The SMILES string of the molecule is CC[C@@H](C)[C@@H]([NH3+])C(=O)N1CC[NH+](C/C=C/c2ccccc2)CC1. The summed E-state index contributed by atoms with van der Waals surface area (Å²) < 4.78 is 0. The highest BCUT2D eigenvalue weighted by atomic mass is 16.2. The minimum absolute atomic E-state index is 0.0977. The summed E-state index contributed by atoms with van der Waals surface area (Å²) in [5, 5.41) is 0. The lowest BCUT2D eigenvalue weighted by Gasteiger charge is -2.33. The Balaban J connectivity index is 1.75. The average Bonchev–Trinajstić information content (AvgIpc) is 2.61. The van der Waals surface area contributed by atoms with Gasteiger partial charge in [0.1, 0.15) is 0 Å². The maximum atomic E-state index is 12.4. The molecule has 4 N–H and O–H groups in total. The molecular formula is C19H31N3O+2. The molecule has 0 unspecified atom stereocenters. The van der Waals surface area contributed by atoms with E-state index in [2.05, 4.69) is 56.0 Å². The van der Waals surface area contributed by atoms with E-state index in [1.54, 1.807) is 4.90 Å². The van der Waals surface area contributed by atoms with Gasteiger partial charge in [0.05, 0.1) is 32.7 Å². The van der Waals surface area contributed by atoms with E-state index < -0.39 is 0 Å². The van der Waals surface area contributed by atoms with E-state index in [1.165, 1.54) is 5.56 Å². The molecule has 4 nitrogen and oxygen atoms in total. The Labute approximate surface area is 140 Å². The number of hydrogen-bond donors (Lipinski definition) is 2. The molecule has 0 aromatic heterocycles. The Bertz CT molecular complexity index is 507. The summed E-state index contributed by atoms with van der Waals surface area (Å²) in [5.74, 6) is 0.597. The summed E-state index contributed by atoms with van der Waals surface area (Å²) in [7, 11) is 0. The molecule has 2 atom stereocenters. The molecule has 23 heavy (non-hydrogen) atoms. The number of carbonyl (C=O) groups is 1. The molecule has 0 aliphatic carbocycles. The molecule has 1 amide bonds. The number of amides is 1. The van der Waals surface area contributed by atoms with Crippen LogP contribution in [0.5, 0.6) is 0 Å². The molecule has 0 spiro atoms. The van der Waals surface area contributed by atoms with Gasteiger partial charge in [-0.05, 0) is 18.1 Å². The summed E-state index contributed by atoms with van der Waals surface area (Å²) in [6.07, 6.45) is 5.43. The number of benzene rings is 1. The van der Waals surface area contributed by atoms with E-state index >= 15 is 0 Å². The number of nitrogens with one attached hydrogen (secondary N) is 1. The van der Waals surface area contributed by atoms with Crippen molar-refractivity contribution in [1.29, 1.82) is 0 Å². The fourth-order valence-corrected chi connectivity index (χ4v) is 2.94. The van der Waals surface area contributed by atoms with Crippen molar-refractivity contribution in [2.45, 2.75) is 26.3 Å². The van der Waals surface area contributed by atoms with Crippen LogP contribution < -0.4 is 10.6 Å². The van der Waals surface area contributed by atoms with E-state index in [1.807, 2.05) is 11.0 Å². The fourth-order valence-electron chi connectivity index (χ4n) is 2.94. The first-order chi connectivity index (χ1) is 11.1. The van der Waals surface area contributed by atoms with Crippen LogP contribution in [-0.2, 0) is 4.79 Å². The predicted octanol–water partition coefficient (Wildman–Crippen LogP) is 0.0835. The molecule has 1 aromatic carbocycles. The second-order valence-electron chi connectivity index (χ2n) is 6.58. The van der Waals surface area contributed by atoms with Crippen molar-refractivity contribution in [3.05, 3.63) is 42.0 Å². The molecular weight excluding hydrogens is 286 g/mol. The van der Waals surface area contributed by atoms with Crippen LogP contribution in [0, 0.1) is 5.92 Å². The first-order valence-corrected chi connectivity index (χ1v) is 8.78. The van der Waals surface area contributed by atoms with Crippen molar-refractivity contribution in [2.24, 2.45) is 5.92 Å². The average molecular weight is 317 g/mol. The number of piperazine rings is 1. The predicted molar refractivity (Wildman–Crippen MR) is 93.8 cm³/mol. The minimum atomic E-state index is -0.0977. The maximum Gasteiger partial charge on any atom is 0.281 e. The molecule has 126 valence electrons. The van der Waals surface area contributed by atoms with E-state index in [-0.39, 0.29) is 11.9 Å². The normalized spacial score (nSPS) is 19.0. The Kier molecular flexibility index (Phi) is 6.81. The molecule has 1 heterocycles. The number of carbonyl (C=O) groups excluding carboxylic acids is 1. The molecule has 1 saturated heterocycles. The van der Waals surface area contributed by atoms with Crippen molar-refractivity contribution in [2.75, 3.05) is 32.7 Å². The van der Waals surface area contributed by atoms with Gasteiger partial charge in [-0.15, -0.1) is 0 Å². The quantitative estimate of drug-likeness (QED) is 0.767. The zero-order valence-electron chi connectivity index (χ0n) is 14.5. The van der Waals surface area contributed by atoms with Crippen LogP contribution in [-0.4, -0.2) is 49.6 Å². The molecule has 0 radical (unpaired) electrons. The molecule has 0 bridgehead atoms. The Morgan fingerprint density at radius 2 is 1.96 bits per heavy atom. The van der Waals surface area contributed by atoms with Crippen molar-refractivity contribution in [3.8, 4) is 0 Å². The van der Waals surface area contributed by atoms with Gasteiger partial charge < -0.3 is 15.5 Å². The molecule has 1 aromatic rings. The lowest BCUT2D eigenvalue weighted by molar-refractivity contribution is -0.898. The lowest BCUT2D eigenvalue weighted by atomic mass is 9.98. The summed E-state index contributed by atoms with van der Waals surface area (Å²) >= 11 is 0. The third-order valence-corrected chi connectivity index (χ3v) is 4.95. The minimum Gasteiger partial charge on any atom is -0.347 e. The first-order valence-electron chi connectivity index (χ1n) is 8.78. The molecule has 4 heteroatoms. The molecule has 1 fully saturated rings. The highest BCUT2D eigenvalue weighted by molar-refractivity contribution is 5.80. The first kappa shape index (κ1) is 17.7. The van der Waals surface area contributed by atoms with Crippen LogP contribution in [0.15, 0.2) is 36.4 Å². The number of hydrogen-bond acceptors (Lipinski definition) is 1. The van der Waals surface area contributed by atoms with Crippen molar-refractivity contribution in [1.82, 2.24) is 4.90 Å². The second-order valence-corrected chi connectivity index (χ2v) is 6.58. The molecule has 1 aliphatic heterocycles. The summed E-state index contributed by atoms with van der Waals surface area (Å²) in [6.45, 7) is 9.03. The van der Waals surface area contributed by atoms with Gasteiger partial charge in [-0.1, -0.05) is 50.3 Å². The maximum absolute atomic E-state index is 12.4. The molecule has 2 rings (SSSR count). The smallest absolute Gasteiger partial charge is 0.281 e. The lowest BCUT2D eigenvalue weighted by Crippen LogP contribution is -3.14. The van der Waals surface area contributed by atoms with Crippen LogP contribution in [0.25, 0.3) is 6.08 Å². The molecule has 0 saturated carbocycles. The molecule has 1 aliphatic rings. The van der Waals surface area contributed by atoms with Crippen molar-refractivity contribution < 1.29 is 15.4 Å². The van der Waals surface area contributed by atoms with E-state index in [0.29, 0.717) is 5.92 Å². The largest absolute Gasteiger partial charge is 0.347 e. The third-order valence-electron chi connectivity index (χ3n) is 4.95. The van der Waals surface area contributed by atoms with Gasteiger partial charge in [-0.25, -0.2) is 0 Å². The zero-order chi connectivity index (χ0) is 16.7. The van der Waals surface area contributed by atoms with Crippen LogP contribution in [0.2, 0.25) is 0 Å². The van der Waals surface area contributed by atoms with Gasteiger partial charge >= 0.3 is 0 Å². The number of quaternary nitrogens is 2. The van der Waals surface area contributed by atoms with Gasteiger partial charge in [-0.3, -0.25) is 4.79 Å². The monoisotopic (exact) mass is 317 g/mol. The Morgan fingerprint density at radius 1 is 1.30 bits per heavy atom. The van der Waals surface area contributed by atoms with Gasteiger partial charge in [-0.2, -0.15) is 0 Å².